The predicted molar refractivity (Wildman–Crippen MR) is 117 cm³/mol. The standard InChI is InChI=1S/C21H22Cl2F3N5/c1-12-10-17(28-9-8-27-14-4-2-3-5-14)31-20(29-12)18(19(30-31)21(24,25)26)15-7-6-13(22)11-16(15)23/h6-7,10-11,14,27-28H,2-5,8-9H2,1H3. The van der Waals surface area contributed by atoms with E-state index in [9.17, 15) is 13.2 Å². The molecule has 0 atom stereocenters. The predicted octanol–water partition coefficient (Wildman–Crippen LogP) is 5.97. The van der Waals surface area contributed by atoms with Crippen LogP contribution in [-0.4, -0.2) is 33.7 Å². The van der Waals surface area contributed by atoms with Crippen LogP contribution in [0.4, 0.5) is 19.0 Å². The van der Waals surface area contributed by atoms with E-state index < -0.39 is 11.9 Å². The molecule has 2 aromatic heterocycles. The van der Waals surface area contributed by atoms with Crippen molar-refractivity contribution in [2.75, 3.05) is 18.4 Å². The van der Waals surface area contributed by atoms with E-state index in [2.05, 4.69) is 20.7 Å². The highest BCUT2D eigenvalue weighted by Gasteiger charge is 2.40. The van der Waals surface area contributed by atoms with Crippen LogP contribution >= 0.6 is 23.2 Å². The zero-order valence-electron chi connectivity index (χ0n) is 16.9. The number of benzene rings is 1. The number of hydrogen-bond acceptors (Lipinski definition) is 4. The number of aryl methyl sites for hydroxylation is 1. The summed E-state index contributed by atoms with van der Waals surface area (Å²) >= 11 is 12.2. The van der Waals surface area contributed by atoms with Gasteiger partial charge in [-0.05, 0) is 31.9 Å². The Morgan fingerprint density at radius 1 is 1.13 bits per heavy atom. The molecule has 0 aliphatic heterocycles. The van der Waals surface area contributed by atoms with Crippen molar-refractivity contribution in [2.24, 2.45) is 0 Å². The normalized spacial score (nSPS) is 15.2. The first-order valence-corrected chi connectivity index (χ1v) is 10.9. The number of alkyl halides is 3. The lowest BCUT2D eigenvalue weighted by atomic mass is 10.1. The number of hydrogen-bond donors (Lipinski definition) is 2. The second-order valence-electron chi connectivity index (χ2n) is 7.73. The summed E-state index contributed by atoms with van der Waals surface area (Å²) < 4.78 is 42.9. The maximum absolute atomic E-state index is 13.9. The number of nitrogens with one attached hydrogen (secondary N) is 2. The molecule has 1 aliphatic carbocycles. The number of rotatable bonds is 6. The fourth-order valence-electron chi connectivity index (χ4n) is 4.00. The van der Waals surface area contributed by atoms with E-state index in [0.717, 1.165) is 12.8 Å². The van der Waals surface area contributed by atoms with E-state index in [1.165, 1.54) is 35.6 Å². The highest BCUT2D eigenvalue weighted by molar-refractivity contribution is 6.36. The Morgan fingerprint density at radius 3 is 2.55 bits per heavy atom. The van der Waals surface area contributed by atoms with Crippen LogP contribution in [0.1, 0.15) is 37.1 Å². The summed E-state index contributed by atoms with van der Waals surface area (Å²) in [5.74, 6) is 0.442. The molecule has 2 heterocycles. The van der Waals surface area contributed by atoms with Crippen LogP contribution < -0.4 is 10.6 Å². The lowest BCUT2D eigenvalue weighted by Gasteiger charge is -2.13. The molecule has 0 spiro atoms. The molecule has 1 saturated carbocycles. The summed E-state index contributed by atoms with van der Waals surface area (Å²) in [5.41, 5.74) is -0.367. The summed E-state index contributed by atoms with van der Waals surface area (Å²) in [6.45, 7) is 2.99. The fourth-order valence-corrected chi connectivity index (χ4v) is 4.50. The largest absolute Gasteiger partial charge is 0.435 e. The lowest BCUT2D eigenvalue weighted by molar-refractivity contribution is -0.140. The van der Waals surface area contributed by atoms with Crippen LogP contribution in [0.2, 0.25) is 10.0 Å². The second kappa shape index (κ2) is 8.84. The highest BCUT2D eigenvalue weighted by Crippen LogP contribution is 2.42. The third-order valence-electron chi connectivity index (χ3n) is 5.41. The number of nitrogens with zero attached hydrogens (tertiary/aromatic N) is 3. The van der Waals surface area contributed by atoms with Crippen molar-refractivity contribution < 1.29 is 13.2 Å². The van der Waals surface area contributed by atoms with E-state index in [4.69, 9.17) is 23.2 Å². The van der Waals surface area contributed by atoms with Gasteiger partial charge in [0.1, 0.15) is 5.82 Å². The minimum absolute atomic E-state index is 0.0859. The monoisotopic (exact) mass is 471 g/mol. The first-order valence-electron chi connectivity index (χ1n) is 10.1. The molecule has 166 valence electrons. The molecule has 0 radical (unpaired) electrons. The highest BCUT2D eigenvalue weighted by atomic mass is 35.5. The molecule has 10 heteroatoms. The Bertz CT molecular complexity index is 1090. The van der Waals surface area contributed by atoms with Crippen LogP contribution in [0, 0.1) is 6.92 Å². The van der Waals surface area contributed by atoms with Gasteiger partial charge in [-0.25, -0.2) is 4.98 Å². The molecular formula is C21H22Cl2F3N5. The third kappa shape index (κ3) is 4.76. The van der Waals surface area contributed by atoms with Crippen molar-refractivity contribution in [3.8, 4) is 11.1 Å². The number of halogens is 5. The molecule has 1 aromatic carbocycles. The van der Waals surface area contributed by atoms with Gasteiger partial charge in [-0.3, -0.25) is 0 Å². The number of anilines is 1. The van der Waals surface area contributed by atoms with Crippen LogP contribution in [0.25, 0.3) is 16.8 Å². The van der Waals surface area contributed by atoms with Crippen LogP contribution in [0.15, 0.2) is 24.3 Å². The summed E-state index contributed by atoms with van der Waals surface area (Å²) in [6.07, 6.45) is 0.120. The first-order chi connectivity index (χ1) is 14.7. The van der Waals surface area contributed by atoms with Gasteiger partial charge in [0, 0.05) is 41.5 Å². The summed E-state index contributed by atoms with van der Waals surface area (Å²) in [6, 6.07) is 6.56. The summed E-state index contributed by atoms with van der Waals surface area (Å²) in [7, 11) is 0. The van der Waals surface area contributed by atoms with E-state index >= 15 is 0 Å². The fraction of sp³-hybridized carbons (Fsp3) is 0.429. The zero-order valence-corrected chi connectivity index (χ0v) is 18.4. The van der Waals surface area contributed by atoms with E-state index in [1.807, 2.05) is 0 Å². The Morgan fingerprint density at radius 2 is 1.87 bits per heavy atom. The number of aromatic nitrogens is 3. The molecule has 2 N–H and O–H groups in total. The van der Waals surface area contributed by atoms with E-state index in [0.29, 0.717) is 35.7 Å². The van der Waals surface area contributed by atoms with Gasteiger partial charge in [-0.1, -0.05) is 42.1 Å². The lowest BCUT2D eigenvalue weighted by Crippen LogP contribution is -2.31. The molecular weight excluding hydrogens is 450 g/mol. The van der Waals surface area contributed by atoms with Gasteiger partial charge in [0.25, 0.3) is 0 Å². The van der Waals surface area contributed by atoms with Crippen molar-refractivity contribution >= 4 is 34.7 Å². The Balaban J connectivity index is 1.73. The van der Waals surface area contributed by atoms with Gasteiger partial charge in [0.15, 0.2) is 11.3 Å². The van der Waals surface area contributed by atoms with Crippen molar-refractivity contribution in [1.82, 2.24) is 19.9 Å². The SMILES string of the molecule is Cc1cc(NCCNC2CCCC2)n2nc(C(F)(F)F)c(-c3ccc(Cl)cc3Cl)c2n1. The Labute approximate surface area is 187 Å². The molecule has 1 aliphatic rings. The minimum atomic E-state index is -4.68. The molecule has 3 aromatic rings. The molecule has 0 unspecified atom stereocenters. The molecule has 0 bridgehead atoms. The summed E-state index contributed by atoms with van der Waals surface area (Å²) in [5, 5.41) is 11.0. The molecule has 1 fully saturated rings. The average Bonchev–Trinajstić information content (AvgIpc) is 3.33. The molecule has 5 nitrogen and oxygen atoms in total. The van der Waals surface area contributed by atoms with Gasteiger partial charge in [-0.15, -0.1) is 0 Å². The topological polar surface area (TPSA) is 54.2 Å². The Kier molecular flexibility index (Phi) is 6.32. The second-order valence-corrected chi connectivity index (χ2v) is 8.57. The smallest absolute Gasteiger partial charge is 0.369 e. The maximum Gasteiger partial charge on any atom is 0.435 e. The van der Waals surface area contributed by atoms with E-state index in [1.54, 1.807) is 13.0 Å². The van der Waals surface area contributed by atoms with Gasteiger partial charge in [-0.2, -0.15) is 22.8 Å². The zero-order chi connectivity index (χ0) is 22.2. The van der Waals surface area contributed by atoms with Gasteiger partial charge in [0.05, 0.1) is 10.6 Å². The quantitative estimate of drug-likeness (QED) is 0.434. The maximum atomic E-state index is 13.9. The van der Waals surface area contributed by atoms with Crippen molar-refractivity contribution in [1.29, 1.82) is 0 Å². The number of fused-ring (bicyclic) bond motifs is 1. The summed E-state index contributed by atoms with van der Waals surface area (Å²) in [4.78, 5) is 4.35. The van der Waals surface area contributed by atoms with Crippen LogP contribution in [-0.2, 0) is 6.18 Å². The van der Waals surface area contributed by atoms with Crippen molar-refractivity contribution in [3.63, 3.8) is 0 Å². The van der Waals surface area contributed by atoms with Gasteiger partial charge >= 0.3 is 6.18 Å². The van der Waals surface area contributed by atoms with Crippen molar-refractivity contribution in [2.45, 2.75) is 44.8 Å². The minimum Gasteiger partial charge on any atom is -0.369 e. The molecule has 0 saturated heterocycles. The average molecular weight is 472 g/mol. The Hall–Kier alpha value is -2.03. The first kappa shape index (κ1) is 22.2. The molecule has 31 heavy (non-hydrogen) atoms. The van der Waals surface area contributed by atoms with E-state index in [-0.39, 0.29) is 21.8 Å². The third-order valence-corrected chi connectivity index (χ3v) is 5.95. The van der Waals surface area contributed by atoms with Gasteiger partial charge in [0.2, 0.25) is 0 Å². The molecule has 4 rings (SSSR count). The van der Waals surface area contributed by atoms with Gasteiger partial charge < -0.3 is 10.6 Å². The van der Waals surface area contributed by atoms with Crippen molar-refractivity contribution in [3.05, 3.63) is 45.7 Å². The molecule has 0 amide bonds. The van der Waals surface area contributed by atoms with Crippen LogP contribution in [0.5, 0.6) is 0 Å². The van der Waals surface area contributed by atoms with Crippen LogP contribution in [0.3, 0.4) is 0 Å².